The summed E-state index contributed by atoms with van der Waals surface area (Å²) in [7, 11) is 0. The first-order valence-electron chi connectivity index (χ1n) is 8.50. The number of hydrogen-bond acceptors (Lipinski definition) is 4. The van der Waals surface area contributed by atoms with Crippen LogP contribution in [0.4, 0.5) is 5.69 Å². The fraction of sp³-hybridized carbons (Fsp3) is 0.250. The Balaban J connectivity index is 1.70. The predicted octanol–water partition coefficient (Wildman–Crippen LogP) is 3.01. The van der Waals surface area contributed by atoms with Gasteiger partial charge in [-0.05, 0) is 49.7 Å². The highest BCUT2D eigenvalue weighted by Gasteiger charge is 2.08. The molecule has 0 spiro atoms. The molecule has 6 heteroatoms. The van der Waals surface area contributed by atoms with Gasteiger partial charge in [-0.3, -0.25) is 9.59 Å². The molecule has 0 aromatic heterocycles. The Labute approximate surface area is 152 Å². The van der Waals surface area contributed by atoms with Crippen LogP contribution in [0.15, 0.2) is 54.6 Å². The van der Waals surface area contributed by atoms with Crippen LogP contribution in [-0.2, 0) is 9.53 Å². The summed E-state index contributed by atoms with van der Waals surface area (Å²) in [5.41, 5.74) is 1.64. The van der Waals surface area contributed by atoms with Gasteiger partial charge in [0.05, 0.1) is 12.2 Å². The van der Waals surface area contributed by atoms with Crippen molar-refractivity contribution in [3.8, 4) is 0 Å². The van der Waals surface area contributed by atoms with Crippen molar-refractivity contribution in [3.63, 3.8) is 0 Å². The average Bonchev–Trinajstić information content (AvgIpc) is 2.66. The number of benzene rings is 2. The molecule has 0 bridgehead atoms. The topological polar surface area (TPSA) is 84.5 Å². The van der Waals surface area contributed by atoms with Gasteiger partial charge in [-0.2, -0.15) is 0 Å². The molecule has 0 aliphatic rings. The van der Waals surface area contributed by atoms with E-state index in [4.69, 9.17) is 4.74 Å². The maximum atomic E-state index is 11.9. The molecule has 0 radical (unpaired) electrons. The smallest absolute Gasteiger partial charge is 0.338 e. The van der Waals surface area contributed by atoms with Gasteiger partial charge in [0, 0.05) is 24.2 Å². The van der Waals surface area contributed by atoms with E-state index in [9.17, 15) is 14.4 Å². The molecule has 136 valence electrons. The van der Waals surface area contributed by atoms with Crippen molar-refractivity contribution in [2.75, 3.05) is 18.5 Å². The van der Waals surface area contributed by atoms with Crippen molar-refractivity contribution < 1.29 is 19.1 Å². The first-order chi connectivity index (χ1) is 12.6. The Morgan fingerprint density at radius 2 is 1.62 bits per heavy atom. The summed E-state index contributed by atoms with van der Waals surface area (Å²) in [4.78, 5) is 35.4. The van der Waals surface area contributed by atoms with Crippen molar-refractivity contribution in [2.45, 2.75) is 19.8 Å². The second-order valence-electron chi connectivity index (χ2n) is 5.57. The van der Waals surface area contributed by atoms with Crippen molar-refractivity contribution in [1.82, 2.24) is 5.32 Å². The molecular weight excluding hydrogens is 332 g/mol. The first-order valence-corrected chi connectivity index (χ1v) is 8.50. The summed E-state index contributed by atoms with van der Waals surface area (Å²) in [6, 6.07) is 15.4. The lowest BCUT2D eigenvalue weighted by Crippen LogP contribution is -2.25. The third-order valence-corrected chi connectivity index (χ3v) is 3.58. The largest absolute Gasteiger partial charge is 0.462 e. The van der Waals surface area contributed by atoms with Crippen LogP contribution < -0.4 is 10.6 Å². The van der Waals surface area contributed by atoms with E-state index in [2.05, 4.69) is 10.6 Å². The molecule has 0 atom stereocenters. The summed E-state index contributed by atoms with van der Waals surface area (Å²) in [6.07, 6.45) is 0.819. The SMILES string of the molecule is CCOC(=O)c1ccc(NC(=O)CCCNC(=O)c2ccccc2)cc1. The van der Waals surface area contributed by atoms with E-state index in [0.717, 1.165) is 0 Å². The van der Waals surface area contributed by atoms with Crippen LogP contribution in [0.25, 0.3) is 0 Å². The van der Waals surface area contributed by atoms with Gasteiger partial charge in [-0.25, -0.2) is 4.79 Å². The molecular formula is C20H22N2O4. The van der Waals surface area contributed by atoms with Crippen molar-refractivity contribution in [3.05, 3.63) is 65.7 Å². The Hall–Kier alpha value is -3.15. The van der Waals surface area contributed by atoms with Crippen LogP contribution in [0.3, 0.4) is 0 Å². The minimum Gasteiger partial charge on any atom is -0.462 e. The Kier molecular flexibility index (Phi) is 7.36. The second kappa shape index (κ2) is 9.98. The van der Waals surface area contributed by atoms with E-state index in [0.29, 0.717) is 36.4 Å². The van der Waals surface area contributed by atoms with Crippen LogP contribution >= 0.6 is 0 Å². The third kappa shape index (κ3) is 6.05. The number of carbonyl (C=O) groups is 3. The number of anilines is 1. The molecule has 2 aromatic carbocycles. The van der Waals surface area contributed by atoms with Gasteiger partial charge in [-0.15, -0.1) is 0 Å². The highest BCUT2D eigenvalue weighted by Crippen LogP contribution is 2.11. The van der Waals surface area contributed by atoms with Crippen molar-refractivity contribution in [1.29, 1.82) is 0 Å². The summed E-state index contributed by atoms with van der Waals surface area (Å²) in [5, 5.41) is 5.54. The molecule has 2 aromatic rings. The molecule has 0 aliphatic carbocycles. The first kappa shape index (κ1) is 19.2. The molecule has 2 amide bonds. The lowest BCUT2D eigenvalue weighted by Gasteiger charge is -2.07. The van der Waals surface area contributed by atoms with Crippen LogP contribution in [0.1, 0.15) is 40.5 Å². The standard InChI is InChI=1S/C20H22N2O4/c1-2-26-20(25)16-10-12-17(13-11-16)22-18(23)9-6-14-21-19(24)15-7-4-3-5-8-15/h3-5,7-8,10-13H,2,6,9,14H2,1H3,(H,21,24)(H,22,23). The third-order valence-electron chi connectivity index (χ3n) is 3.58. The molecule has 26 heavy (non-hydrogen) atoms. The van der Waals surface area contributed by atoms with Crippen LogP contribution in [0.2, 0.25) is 0 Å². The summed E-state index contributed by atoms with van der Waals surface area (Å²) in [6.45, 7) is 2.48. The van der Waals surface area contributed by atoms with E-state index in [1.165, 1.54) is 0 Å². The van der Waals surface area contributed by atoms with Crippen molar-refractivity contribution >= 4 is 23.5 Å². The van der Waals surface area contributed by atoms with Crippen LogP contribution in [0, 0.1) is 0 Å². The number of esters is 1. The minimum absolute atomic E-state index is 0.150. The van der Waals surface area contributed by atoms with Gasteiger partial charge in [0.25, 0.3) is 5.91 Å². The number of hydrogen-bond donors (Lipinski definition) is 2. The van der Waals surface area contributed by atoms with Gasteiger partial charge >= 0.3 is 5.97 Å². The Morgan fingerprint density at radius 3 is 2.27 bits per heavy atom. The van der Waals surface area contributed by atoms with E-state index in [-0.39, 0.29) is 24.2 Å². The lowest BCUT2D eigenvalue weighted by atomic mass is 10.2. The quantitative estimate of drug-likeness (QED) is 0.564. The van der Waals surface area contributed by atoms with Crippen molar-refractivity contribution in [2.24, 2.45) is 0 Å². The highest BCUT2D eigenvalue weighted by atomic mass is 16.5. The molecule has 0 fully saturated rings. The minimum atomic E-state index is -0.389. The zero-order valence-electron chi connectivity index (χ0n) is 14.7. The van der Waals surface area contributed by atoms with Gasteiger partial charge in [0.2, 0.25) is 5.91 Å². The highest BCUT2D eigenvalue weighted by molar-refractivity contribution is 5.94. The molecule has 2 N–H and O–H groups in total. The van der Waals surface area contributed by atoms with E-state index < -0.39 is 0 Å². The number of amides is 2. The number of nitrogens with one attached hydrogen (secondary N) is 2. The summed E-state index contributed by atoms with van der Waals surface area (Å²) in [5.74, 6) is -0.692. The number of carbonyl (C=O) groups excluding carboxylic acids is 3. The Morgan fingerprint density at radius 1 is 0.923 bits per heavy atom. The van der Waals surface area contributed by atoms with Gasteiger partial charge < -0.3 is 15.4 Å². The molecule has 0 aliphatic heterocycles. The maximum Gasteiger partial charge on any atom is 0.338 e. The van der Waals surface area contributed by atoms with E-state index >= 15 is 0 Å². The fourth-order valence-corrected chi connectivity index (χ4v) is 2.27. The molecule has 6 nitrogen and oxygen atoms in total. The normalized spacial score (nSPS) is 10.0. The molecule has 0 heterocycles. The fourth-order valence-electron chi connectivity index (χ4n) is 2.27. The van der Waals surface area contributed by atoms with E-state index in [1.807, 2.05) is 6.07 Å². The average molecular weight is 354 g/mol. The molecule has 0 unspecified atom stereocenters. The molecule has 2 rings (SSSR count). The zero-order chi connectivity index (χ0) is 18.8. The van der Waals surface area contributed by atoms with Gasteiger partial charge in [-0.1, -0.05) is 18.2 Å². The lowest BCUT2D eigenvalue weighted by molar-refractivity contribution is -0.116. The maximum absolute atomic E-state index is 11.9. The Bertz CT molecular complexity index is 742. The predicted molar refractivity (Wildman–Crippen MR) is 99.0 cm³/mol. The molecule has 0 saturated heterocycles. The van der Waals surface area contributed by atoms with Crippen LogP contribution in [0.5, 0.6) is 0 Å². The van der Waals surface area contributed by atoms with Gasteiger partial charge in [0.1, 0.15) is 0 Å². The second-order valence-corrected chi connectivity index (χ2v) is 5.57. The zero-order valence-corrected chi connectivity index (χ0v) is 14.7. The number of ether oxygens (including phenoxy) is 1. The van der Waals surface area contributed by atoms with Crippen LogP contribution in [-0.4, -0.2) is 30.9 Å². The van der Waals surface area contributed by atoms with E-state index in [1.54, 1.807) is 55.5 Å². The summed E-state index contributed by atoms with van der Waals surface area (Å²) >= 11 is 0. The molecule has 0 saturated carbocycles. The summed E-state index contributed by atoms with van der Waals surface area (Å²) < 4.78 is 4.90. The monoisotopic (exact) mass is 354 g/mol. The van der Waals surface area contributed by atoms with Gasteiger partial charge in [0.15, 0.2) is 0 Å². The number of rotatable bonds is 8.